The van der Waals surface area contributed by atoms with Gasteiger partial charge in [-0.1, -0.05) is 13.3 Å². The predicted octanol–water partition coefficient (Wildman–Crippen LogP) is 3.37. The molecule has 0 aromatic carbocycles. The van der Waals surface area contributed by atoms with Crippen molar-refractivity contribution in [1.29, 1.82) is 0 Å². The largest absolute Gasteiger partial charge is 0.303 e. The van der Waals surface area contributed by atoms with E-state index >= 15 is 0 Å². The summed E-state index contributed by atoms with van der Waals surface area (Å²) in [6.07, 6.45) is 8.55. The Balaban J connectivity index is 1.75. The first-order valence-corrected chi connectivity index (χ1v) is 8.12. The topological polar surface area (TPSA) is 6.48 Å². The Labute approximate surface area is 114 Å². The van der Waals surface area contributed by atoms with Crippen LogP contribution in [0.15, 0.2) is 0 Å². The quantitative estimate of drug-likeness (QED) is 0.757. The van der Waals surface area contributed by atoms with Gasteiger partial charge in [0.25, 0.3) is 0 Å². The van der Waals surface area contributed by atoms with Crippen molar-refractivity contribution >= 4 is 0 Å². The third-order valence-corrected chi connectivity index (χ3v) is 5.33. The maximum absolute atomic E-state index is 2.70. The second kappa shape index (κ2) is 6.38. The van der Waals surface area contributed by atoms with Crippen molar-refractivity contribution < 1.29 is 0 Å². The van der Waals surface area contributed by atoms with Crippen LogP contribution < -0.4 is 0 Å². The molecule has 2 aliphatic heterocycles. The maximum Gasteiger partial charge on any atom is 0.00385 e. The summed E-state index contributed by atoms with van der Waals surface area (Å²) in [5.41, 5.74) is 0.716. The number of likely N-dealkylation sites (tertiary alicyclic amines) is 2. The Kier molecular flexibility index (Phi) is 5.08. The van der Waals surface area contributed by atoms with E-state index in [4.69, 9.17) is 0 Å². The Hall–Kier alpha value is -0.0800. The second-order valence-electron chi connectivity index (χ2n) is 6.82. The molecule has 0 aromatic rings. The van der Waals surface area contributed by atoms with Crippen LogP contribution in [0.4, 0.5) is 0 Å². The van der Waals surface area contributed by atoms with E-state index in [0.717, 1.165) is 6.04 Å². The minimum Gasteiger partial charge on any atom is -0.303 e. The van der Waals surface area contributed by atoms with Crippen molar-refractivity contribution in [3.8, 4) is 0 Å². The summed E-state index contributed by atoms with van der Waals surface area (Å²) in [5.74, 6) is 0. The molecule has 2 fully saturated rings. The number of hydrogen-bond acceptors (Lipinski definition) is 2. The normalized spacial score (nSPS) is 26.0. The molecule has 2 heteroatoms. The fraction of sp³-hybridized carbons (Fsp3) is 1.00. The number of unbranched alkanes of at least 4 members (excludes halogenated alkanes) is 1. The lowest BCUT2D eigenvalue weighted by Crippen LogP contribution is -2.48. The fourth-order valence-electron chi connectivity index (χ4n) is 3.65. The van der Waals surface area contributed by atoms with E-state index in [1.165, 1.54) is 71.2 Å². The number of rotatable bonds is 4. The molecule has 106 valence electrons. The first-order valence-electron chi connectivity index (χ1n) is 8.12. The van der Waals surface area contributed by atoms with Gasteiger partial charge in [0.05, 0.1) is 0 Å². The molecule has 0 radical (unpaired) electrons. The molecular formula is C16H32N2. The summed E-state index contributed by atoms with van der Waals surface area (Å²) >= 11 is 0. The summed E-state index contributed by atoms with van der Waals surface area (Å²) in [5, 5.41) is 0. The molecule has 0 aromatic heterocycles. The highest BCUT2D eigenvalue weighted by atomic mass is 15.2. The van der Waals surface area contributed by atoms with Gasteiger partial charge in [-0.15, -0.1) is 0 Å². The molecule has 0 atom stereocenters. The van der Waals surface area contributed by atoms with Gasteiger partial charge in [-0.2, -0.15) is 0 Å². The lowest BCUT2D eigenvalue weighted by Gasteiger charge is -2.47. The lowest BCUT2D eigenvalue weighted by molar-refractivity contribution is 0.0249. The molecule has 0 N–H and O–H groups in total. The minimum absolute atomic E-state index is 0.716. The summed E-state index contributed by atoms with van der Waals surface area (Å²) < 4.78 is 0. The van der Waals surface area contributed by atoms with Crippen LogP contribution in [-0.4, -0.2) is 48.6 Å². The monoisotopic (exact) mass is 252 g/mol. The molecule has 0 amide bonds. The standard InChI is InChI=1S/C16H32N2/c1-4-5-10-17-11-6-16(7-12-17)8-13-18(14-9-16)15(2)3/h15H,4-14H2,1-3H3. The highest BCUT2D eigenvalue weighted by Gasteiger charge is 2.37. The molecule has 2 aliphatic rings. The van der Waals surface area contributed by atoms with Crippen molar-refractivity contribution in [3.63, 3.8) is 0 Å². The number of hydrogen-bond donors (Lipinski definition) is 0. The second-order valence-corrected chi connectivity index (χ2v) is 6.82. The summed E-state index contributed by atoms with van der Waals surface area (Å²) in [7, 11) is 0. The first-order chi connectivity index (χ1) is 8.65. The van der Waals surface area contributed by atoms with Crippen LogP contribution >= 0.6 is 0 Å². The van der Waals surface area contributed by atoms with E-state index in [2.05, 4.69) is 30.6 Å². The van der Waals surface area contributed by atoms with Crippen LogP contribution in [0.5, 0.6) is 0 Å². The maximum atomic E-state index is 2.70. The van der Waals surface area contributed by atoms with Gasteiger partial charge in [0.1, 0.15) is 0 Å². The van der Waals surface area contributed by atoms with Gasteiger partial charge in [0.15, 0.2) is 0 Å². The third kappa shape index (κ3) is 3.48. The third-order valence-electron chi connectivity index (χ3n) is 5.33. The molecule has 1 spiro atoms. The van der Waals surface area contributed by atoms with Crippen LogP contribution in [-0.2, 0) is 0 Å². The smallest absolute Gasteiger partial charge is 0.00385 e. The number of piperidine rings is 2. The number of nitrogens with zero attached hydrogens (tertiary/aromatic N) is 2. The highest BCUT2D eigenvalue weighted by Crippen LogP contribution is 2.41. The van der Waals surface area contributed by atoms with Crippen molar-refractivity contribution in [2.24, 2.45) is 5.41 Å². The summed E-state index contributed by atoms with van der Waals surface area (Å²) in [6.45, 7) is 13.7. The van der Waals surface area contributed by atoms with E-state index in [9.17, 15) is 0 Å². The Bertz CT molecular complexity index is 231. The average molecular weight is 252 g/mol. The van der Waals surface area contributed by atoms with Crippen molar-refractivity contribution in [2.45, 2.75) is 65.3 Å². The van der Waals surface area contributed by atoms with E-state index in [0.29, 0.717) is 5.41 Å². The highest BCUT2D eigenvalue weighted by molar-refractivity contribution is 4.91. The predicted molar refractivity (Wildman–Crippen MR) is 79.0 cm³/mol. The molecule has 0 aliphatic carbocycles. The van der Waals surface area contributed by atoms with E-state index in [1.54, 1.807) is 0 Å². The van der Waals surface area contributed by atoms with Crippen LogP contribution in [0.2, 0.25) is 0 Å². The molecule has 0 unspecified atom stereocenters. The molecule has 2 rings (SSSR count). The van der Waals surface area contributed by atoms with Gasteiger partial charge < -0.3 is 9.80 Å². The zero-order valence-electron chi connectivity index (χ0n) is 12.7. The van der Waals surface area contributed by atoms with Gasteiger partial charge >= 0.3 is 0 Å². The van der Waals surface area contributed by atoms with Crippen molar-refractivity contribution in [3.05, 3.63) is 0 Å². The van der Waals surface area contributed by atoms with E-state index < -0.39 is 0 Å². The summed E-state index contributed by atoms with van der Waals surface area (Å²) in [6, 6.07) is 0.743. The zero-order chi connectivity index (χ0) is 13.0. The Morgan fingerprint density at radius 3 is 2.00 bits per heavy atom. The average Bonchev–Trinajstić information content (AvgIpc) is 2.39. The Morgan fingerprint density at radius 1 is 0.944 bits per heavy atom. The van der Waals surface area contributed by atoms with E-state index in [1.807, 2.05) is 0 Å². The van der Waals surface area contributed by atoms with Gasteiger partial charge in [-0.3, -0.25) is 0 Å². The SMILES string of the molecule is CCCCN1CCC2(CC1)CCN(C(C)C)CC2. The minimum atomic E-state index is 0.716. The van der Waals surface area contributed by atoms with Crippen LogP contribution in [0.1, 0.15) is 59.3 Å². The van der Waals surface area contributed by atoms with Gasteiger partial charge in [0, 0.05) is 6.04 Å². The lowest BCUT2D eigenvalue weighted by atomic mass is 9.71. The zero-order valence-corrected chi connectivity index (χ0v) is 12.7. The Morgan fingerprint density at radius 2 is 1.50 bits per heavy atom. The van der Waals surface area contributed by atoms with Gasteiger partial charge in [-0.25, -0.2) is 0 Å². The van der Waals surface area contributed by atoms with Gasteiger partial charge in [0.2, 0.25) is 0 Å². The van der Waals surface area contributed by atoms with E-state index in [-0.39, 0.29) is 0 Å². The van der Waals surface area contributed by atoms with Gasteiger partial charge in [-0.05, 0) is 84.1 Å². The summed E-state index contributed by atoms with van der Waals surface area (Å²) in [4.78, 5) is 5.36. The van der Waals surface area contributed by atoms with Crippen LogP contribution in [0.25, 0.3) is 0 Å². The molecule has 0 saturated carbocycles. The molecule has 2 nitrogen and oxygen atoms in total. The molecule has 18 heavy (non-hydrogen) atoms. The van der Waals surface area contributed by atoms with Crippen LogP contribution in [0.3, 0.4) is 0 Å². The van der Waals surface area contributed by atoms with Crippen molar-refractivity contribution in [1.82, 2.24) is 9.80 Å². The van der Waals surface area contributed by atoms with Crippen molar-refractivity contribution in [2.75, 3.05) is 32.7 Å². The molecular weight excluding hydrogens is 220 g/mol. The molecule has 2 saturated heterocycles. The molecule has 2 heterocycles. The first kappa shape index (κ1) is 14.3. The van der Waals surface area contributed by atoms with Crippen LogP contribution in [0, 0.1) is 5.41 Å². The fourth-order valence-corrected chi connectivity index (χ4v) is 3.65. The molecule has 0 bridgehead atoms.